The molecule has 3 rings (SSSR count). The lowest BCUT2D eigenvalue weighted by atomic mass is 9.61. The number of rotatable bonds is 8. The molecule has 0 saturated heterocycles. The summed E-state index contributed by atoms with van der Waals surface area (Å²) < 4.78 is 14.1. The van der Waals surface area contributed by atoms with Gasteiger partial charge >= 0.3 is 0 Å². The molecule has 44 heavy (non-hydrogen) atoms. The lowest BCUT2D eigenvalue weighted by Crippen LogP contribution is -2.49. The summed E-state index contributed by atoms with van der Waals surface area (Å²) in [6, 6.07) is 0. The molecule has 1 amide bonds. The molecule has 3 aliphatic rings. The Morgan fingerprint density at radius 2 is 1.59 bits per heavy atom. The van der Waals surface area contributed by atoms with Crippen molar-refractivity contribution in [2.45, 2.75) is 149 Å². The molecule has 0 heterocycles. The SMILES string of the molecule is C=C1/C(=C/C=C2\CCC[C@]3(C)[C@@H]([C@H](C)/C=C/C(=O)N(C)C)CC[C@@H]23)C[C@@H](O[Si](C)(C)C(C)(C)C)C[C@@H]1O[Si](C)(C)C(C)(C)C. The van der Waals surface area contributed by atoms with Crippen LogP contribution in [-0.2, 0) is 13.6 Å². The van der Waals surface area contributed by atoms with Crippen molar-refractivity contribution in [3.63, 3.8) is 0 Å². The topological polar surface area (TPSA) is 38.8 Å². The van der Waals surface area contributed by atoms with Gasteiger partial charge in [0.25, 0.3) is 0 Å². The summed E-state index contributed by atoms with van der Waals surface area (Å²) in [6.45, 7) is 32.9. The predicted octanol–water partition coefficient (Wildman–Crippen LogP) is 10.5. The van der Waals surface area contributed by atoms with Gasteiger partial charge in [0.15, 0.2) is 16.6 Å². The number of carbonyl (C=O) groups is 1. The number of fused-ring (bicyclic) bond motifs is 1. The third kappa shape index (κ3) is 8.19. The molecule has 0 N–H and O–H groups in total. The van der Waals surface area contributed by atoms with Gasteiger partial charge in [-0.3, -0.25) is 4.79 Å². The first-order valence-electron chi connectivity index (χ1n) is 17.3. The highest BCUT2D eigenvalue weighted by Gasteiger charge is 2.50. The molecule has 3 aliphatic carbocycles. The molecule has 0 radical (unpaired) electrons. The molecule has 6 atom stereocenters. The summed E-state index contributed by atoms with van der Waals surface area (Å²) in [5, 5.41) is 0.310. The van der Waals surface area contributed by atoms with Gasteiger partial charge < -0.3 is 13.8 Å². The number of likely N-dealkylation sites (N-methyl/N-ethyl adjacent to an activating group) is 1. The summed E-state index contributed by atoms with van der Waals surface area (Å²) in [5.74, 6) is 1.68. The van der Waals surface area contributed by atoms with Crippen LogP contribution in [0.5, 0.6) is 0 Å². The zero-order chi connectivity index (χ0) is 33.5. The summed E-state index contributed by atoms with van der Waals surface area (Å²) in [5.41, 5.74) is 4.36. The Balaban J connectivity index is 1.90. The summed E-state index contributed by atoms with van der Waals surface area (Å²) >= 11 is 0. The zero-order valence-corrected chi connectivity index (χ0v) is 33.0. The molecule has 0 aromatic heterocycles. The van der Waals surface area contributed by atoms with Crippen LogP contribution < -0.4 is 0 Å². The van der Waals surface area contributed by atoms with E-state index in [1.54, 1.807) is 16.5 Å². The van der Waals surface area contributed by atoms with Crippen LogP contribution in [0.15, 0.2) is 47.6 Å². The fourth-order valence-corrected chi connectivity index (χ4v) is 10.1. The van der Waals surface area contributed by atoms with Crippen LogP contribution in [0.1, 0.15) is 100 Å². The summed E-state index contributed by atoms with van der Waals surface area (Å²) in [7, 11) is -0.282. The first-order valence-corrected chi connectivity index (χ1v) is 23.2. The van der Waals surface area contributed by atoms with Crippen LogP contribution in [0.25, 0.3) is 0 Å². The highest BCUT2D eigenvalue weighted by molar-refractivity contribution is 6.74. The van der Waals surface area contributed by atoms with Crippen molar-refractivity contribution in [2.24, 2.45) is 23.2 Å². The Labute approximate surface area is 274 Å². The van der Waals surface area contributed by atoms with E-state index in [9.17, 15) is 4.79 Å². The minimum atomic E-state index is -1.99. The highest BCUT2D eigenvalue weighted by Crippen LogP contribution is 2.59. The molecule has 0 spiro atoms. The van der Waals surface area contributed by atoms with E-state index in [2.05, 4.69) is 106 Å². The molecule has 250 valence electrons. The maximum absolute atomic E-state index is 12.2. The van der Waals surface area contributed by atoms with E-state index in [1.165, 1.54) is 37.7 Å². The highest BCUT2D eigenvalue weighted by atomic mass is 28.4. The van der Waals surface area contributed by atoms with Crippen LogP contribution in [-0.4, -0.2) is 53.7 Å². The Hall–Kier alpha value is -1.22. The largest absolute Gasteiger partial charge is 0.413 e. The van der Waals surface area contributed by atoms with Crippen molar-refractivity contribution in [1.82, 2.24) is 4.90 Å². The molecule has 0 unspecified atom stereocenters. The van der Waals surface area contributed by atoms with Crippen molar-refractivity contribution >= 4 is 22.5 Å². The molecule has 0 bridgehead atoms. The minimum absolute atomic E-state index is 0.00838. The normalized spacial score (nSPS) is 31.5. The van der Waals surface area contributed by atoms with E-state index in [-0.39, 0.29) is 33.6 Å². The number of hydrogen-bond acceptors (Lipinski definition) is 3. The minimum Gasteiger partial charge on any atom is -0.413 e. The van der Waals surface area contributed by atoms with Crippen molar-refractivity contribution in [2.75, 3.05) is 14.1 Å². The average Bonchev–Trinajstić information content (AvgIpc) is 3.23. The summed E-state index contributed by atoms with van der Waals surface area (Å²) in [4.78, 5) is 13.9. The van der Waals surface area contributed by atoms with E-state index in [0.29, 0.717) is 17.8 Å². The van der Waals surface area contributed by atoms with Crippen LogP contribution in [0.4, 0.5) is 0 Å². The van der Waals surface area contributed by atoms with E-state index < -0.39 is 16.6 Å². The van der Waals surface area contributed by atoms with Gasteiger partial charge in [-0.2, -0.15) is 0 Å². The van der Waals surface area contributed by atoms with Crippen molar-refractivity contribution < 1.29 is 13.6 Å². The van der Waals surface area contributed by atoms with Crippen LogP contribution in [0.2, 0.25) is 36.3 Å². The number of nitrogens with zero attached hydrogens (tertiary/aromatic N) is 1. The van der Waals surface area contributed by atoms with Gasteiger partial charge in [0.2, 0.25) is 5.91 Å². The molecule has 4 nitrogen and oxygen atoms in total. The van der Waals surface area contributed by atoms with Crippen LogP contribution in [0.3, 0.4) is 0 Å². The number of hydrogen-bond donors (Lipinski definition) is 0. The second-order valence-electron chi connectivity index (χ2n) is 17.8. The lowest BCUT2D eigenvalue weighted by Gasteiger charge is -2.45. The molecule has 3 fully saturated rings. The van der Waals surface area contributed by atoms with Crippen LogP contribution in [0, 0.1) is 23.2 Å². The second-order valence-corrected chi connectivity index (χ2v) is 27.3. The van der Waals surface area contributed by atoms with Gasteiger partial charge in [0.1, 0.15) is 0 Å². The van der Waals surface area contributed by atoms with Gasteiger partial charge in [-0.1, -0.05) is 85.8 Å². The number of allylic oxidation sites excluding steroid dienone is 4. The molecular formula is C38H67NO3Si2. The van der Waals surface area contributed by atoms with E-state index in [1.807, 2.05) is 14.1 Å². The van der Waals surface area contributed by atoms with Gasteiger partial charge in [0.05, 0.1) is 12.2 Å². The standard InChI is InChI=1S/C38H67NO3Si2/c1-27(18-23-35(40)39(10)11)32-21-22-33-29(17-16-24-38(32,33)9)19-20-30-25-31(41-43(12,13)36(3,4)5)26-34(28(30)2)42-44(14,15)37(6,7)8/h18-20,23,27,31-34H,2,16-17,21-22,24-26H2,1,3-15H3/b23-18+,29-19+,30-20+/t27-,31-,32-,33+,34+,38-/m1/s1. The molecule has 3 saturated carbocycles. The Kier molecular flexibility index (Phi) is 11.4. The Morgan fingerprint density at radius 1 is 1.00 bits per heavy atom. The van der Waals surface area contributed by atoms with Gasteiger partial charge in [-0.25, -0.2) is 0 Å². The molecule has 0 aliphatic heterocycles. The predicted molar refractivity (Wildman–Crippen MR) is 194 cm³/mol. The quantitative estimate of drug-likeness (QED) is 0.196. The van der Waals surface area contributed by atoms with E-state index in [0.717, 1.165) is 18.4 Å². The molecule has 0 aromatic carbocycles. The smallest absolute Gasteiger partial charge is 0.245 e. The first-order chi connectivity index (χ1) is 20.0. The molecule has 6 heteroatoms. The molecular weight excluding hydrogens is 575 g/mol. The fraction of sp³-hybridized carbons (Fsp3) is 0.763. The third-order valence-corrected chi connectivity index (χ3v) is 21.4. The van der Waals surface area contributed by atoms with Gasteiger partial charge in [-0.15, -0.1) is 0 Å². The Morgan fingerprint density at radius 3 is 2.16 bits per heavy atom. The maximum Gasteiger partial charge on any atom is 0.245 e. The van der Waals surface area contributed by atoms with Crippen molar-refractivity contribution in [3.05, 3.63) is 47.6 Å². The maximum atomic E-state index is 12.2. The Bertz CT molecular complexity index is 1150. The summed E-state index contributed by atoms with van der Waals surface area (Å²) in [6.07, 6.45) is 17.0. The van der Waals surface area contributed by atoms with Crippen LogP contribution >= 0.6 is 0 Å². The van der Waals surface area contributed by atoms with Crippen molar-refractivity contribution in [1.29, 1.82) is 0 Å². The molecule has 0 aromatic rings. The van der Waals surface area contributed by atoms with E-state index >= 15 is 0 Å². The van der Waals surface area contributed by atoms with Gasteiger partial charge in [0, 0.05) is 20.5 Å². The number of carbonyl (C=O) groups excluding carboxylic acids is 1. The fourth-order valence-electron chi connectivity index (χ4n) is 7.43. The second kappa shape index (κ2) is 13.5. The monoisotopic (exact) mass is 641 g/mol. The van der Waals surface area contributed by atoms with Gasteiger partial charge in [-0.05, 0) is 115 Å². The first kappa shape index (κ1) is 37.2. The zero-order valence-electron chi connectivity index (χ0n) is 31.0. The number of amides is 1. The third-order valence-electron chi connectivity index (χ3n) is 12.4. The lowest BCUT2D eigenvalue weighted by molar-refractivity contribution is -0.123. The average molecular weight is 642 g/mol. The van der Waals surface area contributed by atoms with E-state index in [4.69, 9.17) is 8.85 Å². The van der Waals surface area contributed by atoms with Crippen molar-refractivity contribution in [3.8, 4) is 0 Å².